The Labute approximate surface area is 158 Å². The second-order valence-electron chi connectivity index (χ2n) is 7.91. The molecule has 0 spiro atoms. The third kappa shape index (κ3) is 3.42. The van der Waals surface area contributed by atoms with E-state index in [0.29, 0.717) is 18.3 Å². The van der Waals surface area contributed by atoms with Crippen LogP contribution in [0.4, 0.5) is 0 Å². The molecule has 8 heteroatoms. The Hall–Kier alpha value is -2.45. The molecule has 3 heterocycles. The molecule has 1 aliphatic rings. The Morgan fingerprint density at radius 1 is 1.11 bits per heavy atom. The summed E-state index contributed by atoms with van der Waals surface area (Å²) >= 11 is 0. The van der Waals surface area contributed by atoms with Gasteiger partial charge in [-0.25, -0.2) is 0 Å². The van der Waals surface area contributed by atoms with Crippen LogP contribution in [0.5, 0.6) is 0 Å². The van der Waals surface area contributed by atoms with E-state index in [9.17, 15) is 0 Å². The van der Waals surface area contributed by atoms with Gasteiger partial charge in [0.15, 0.2) is 5.82 Å². The lowest BCUT2D eigenvalue weighted by molar-refractivity contribution is 0.00578. The molecule has 0 aliphatic carbocycles. The highest BCUT2D eigenvalue weighted by atomic mass is 16.7. The van der Waals surface area contributed by atoms with E-state index in [0.717, 1.165) is 16.6 Å². The van der Waals surface area contributed by atoms with Crippen LogP contribution < -0.4 is 5.46 Å². The van der Waals surface area contributed by atoms with Crippen molar-refractivity contribution in [1.29, 1.82) is 0 Å². The highest BCUT2D eigenvalue weighted by molar-refractivity contribution is 6.62. The van der Waals surface area contributed by atoms with E-state index < -0.39 is 7.12 Å². The Morgan fingerprint density at radius 2 is 1.85 bits per heavy atom. The average molecular weight is 366 g/mol. The first-order chi connectivity index (χ1) is 12.7. The van der Waals surface area contributed by atoms with Gasteiger partial charge in [-0.1, -0.05) is 17.3 Å². The van der Waals surface area contributed by atoms with Gasteiger partial charge in [0.25, 0.3) is 5.89 Å². The molecule has 4 rings (SSSR count). The second-order valence-corrected chi connectivity index (χ2v) is 7.91. The van der Waals surface area contributed by atoms with Gasteiger partial charge in [0.2, 0.25) is 0 Å². The zero-order valence-electron chi connectivity index (χ0n) is 16.3. The maximum absolute atomic E-state index is 6.09. The average Bonchev–Trinajstić information content (AvgIpc) is 3.27. The van der Waals surface area contributed by atoms with Gasteiger partial charge in [0, 0.05) is 23.4 Å². The van der Waals surface area contributed by atoms with Gasteiger partial charge in [0.05, 0.1) is 17.7 Å². The molecule has 7 nitrogen and oxygen atoms in total. The molecule has 0 amide bonds. The van der Waals surface area contributed by atoms with Gasteiger partial charge in [0.1, 0.15) is 0 Å². The largest absolute Gasteiger partial charge is 0.498 e. The predicted octanol–water partition coefficient (Wildman–Crippen LogP) is 2.59. The summed E-state index contributed by atoms with van der Waals surface area (Å²) < 4.78 is 19.3. The minimum Gasteiger partial charge on any atom is -0.399 e. The molecule has 3 aromatic rings. The van der Waals surface area contributed by atoms with E-state index >= 15 is 0 Å². The van der Waals surface area contributed by atoms with Crippen LogP contribution >= 0.6 is 0 Å². The van der Waals surface area contributed by atoms with Gasteiger partial charge in [-0.15, -0.1) is 0 Å². The predicted molar refractivity (Wildman–Crippen MR) is 102 cm³/mol. The summed E-state index contributed by atoms with van der Waals surface area (Å²) in [6, 6.07) is 8.00. The van der Waals surface area contributed by atoms with Crippen molar-refractivity contribution in [3.8, 4) is 11.5 Å². The lowest BCUT2D eigenvalue weighted by atomic mass is 9.82. The number of aromatic nitrogens is 4. The second kappa shape index (κ2) is 6.32. The molecular weight excluding hydrogens is 343 g/mol. The number of benzene rings is 1. The highest BCUT2D eigenvalue weighted by Crippen LogP contribution is 2.36. The molecule has 1 aliphatic heterocycles. The summed E-state index contributed by atoms with van der Waals surface area (Å²) in [6.45, 7) is 10.6. The number of hydrogen-bond donors (Lipinski definition) is 0. The molecule has 0 unspecified atom stereocenters. The number of aryl methyl sites for hydroxylation is 1. The maximum atomic E-state index is 6.09. The Kier molecular flexibility index (Phi) is 4.20. The molecule has 1 saturated heterocycles. The molecule has 27 heavy (non-hydrogen) atoms. The van der Waals surface area contributed by atoms with E-state index in [1.54, 1.807) is 13.1 Å². The first kappa shape index (κ1) is 17.9. The molecule has 0 N–H and O–H groups in total. The van der Waals surface area contributed by atoms with E-state index in [1.165, 1.54) is 0 Å². The summed E-state index contributed by atoms with van der Waals surface area (Å²) in [7, 11) is -0.406. The third-order valence-electron chi connectivity index (χ3n) is 5.22. The van der Waals surface area contributed by atoms with Gasteiger partial charge >= 0.3 is 7.12 Å². The molecule has 0 radical (unpaired) electrons. The number of nitrogens with zero attached hydrogens (tertiary/aromatic N) is 4. The van der Waals surface area contributed by atoms with Crippen molar-refractivity contribution < 1.29 is 13.8 Å². The Morgan fingerprint density at radius 3 is 2.52 bits per heavy atom. The zero-order valence-corrected chi connectivity index (χ0v) is 16.3. The quantitative estimate of drug-likeness (QED) is 0.661. The van der Waals surface area contributed by atoms with Crippen molar-refractivity contribution in [2.75, 3.05) is 0 Å². The van der Waals surface area contributed by atoms with Crippen LogP contribution in [0.25, 0.3) is 11.5 Å². The van der Waals surface area contributed by atoms with Crippen LogP contribution in [-0.4, -0.2) is 38.2 Å². The molecular formula is C19H23BN4O3. The van der Waals surface area contributed by atoms with Crippen LogP contribution in [0.2, 0.25) is 0 Å². The van der Waals surface area contributed by atoms with E-state index in [1.807, 2.05) is 62.8 Å². The first-order valence-electron chi connectivity index (χ1n) is 9.01. The van der Waals surface area contributed by atoms with Crippen molar-refractivity contribution in [2.45, 2.75) is 52.4 Å². The van der Waals surface area contributed by atoms with E-state index in [2.05, 4.69) is 15.2 Å². The van der Waals surface area contributed by atoms with Crippen LogP contribution in [0.1, 0.15) is 39.1 Å². The van der Waals surface area contributed by atoms with Crippen LogP contribution in [-0.2, 0) is 15.9 Å². The van der Waals surface area contributed by atoms with Crippen LogP contribution in [0.3, 0.4) is 0 Å². The molecule has 0 bridgehead atoms. The summed E-state index contributed by atoms with van der Waals surface area (Å²) in [5.41, 5.74) is 2.17. The molecule has 1 aromatic carbocycles. The summed E-state index contributed by atoms with van der Waals surface area (Å²) in [5.74, 6) is 1.14. The number of rotatable bonds is 4. The van der Waals surface area contributed by atoms with E-state index in [4.69, 9.17) is 13.8 Å². The fourth-order valence-corrected chi connectivity index (χ4v) is 2.97. The van der Waals surface area contributed by atoms with Gasteiger partial charge in [-0.05, 0) is 52.3 Å². The van der Waals surface area contributed by atoms with Gasteiger partial charge in [-0.2, -0.15) is 10.1 Å². The Balaban J connectivity index is 1.51. The summed E-state index contributed by atoms with van der Waals surface area (Å²) in [6.07, 6.45) is 3.76. The number of hydrogen-bond acceptors (Lipinski definition) is 6. The molecule has 2 aromatic heterocycles. The highest BCUT2D eigenvalue weighted by Gasteiger charge is 2.52. The van der Waals surface area contributed by atoms with E-state index in [-0.39, 0.29) is 11.2 Å². The van der Waals surface area contributed by atoms with Crippen molar-refractivity contribution in [3.63, 3.8) is 0 Å². The molecule has 0 atom stereocenters. The van der Waals surface area contributed by atoms with Crippen molar-refractivity contribution in [1.82, 2.24) is 19.9 Å². The smallest absolute Gasteiger partial charge is 0.399 e. The Bertz CT molecular complexity index is 947. The molecule has 1 fully saturated rings. The molecule has 0 saturated carbocycles. The maximum Gasteiger partial charge on any atom is 0.498 e. The van der Waals surface area contributed by atoms with Crippen molar-refractivity contribution in [2.24, 2.45) is 0 Å². The van der Waals surface area contributed by atoms with Crippen LogP contribution in [0.15, 0.2) is 41.2 Å². The van der Waals surface area contributed by atoms with Crippen molar-refractivity contribution in [3.05, 3.63) is 48.0 Å². The molecule has 140 valence electrons. The monoisotopic (exact) mass is 366 g/mol. The SMILES string of the molecule is Cc1noc(-c2cccc(Cn3cc(B4OC(C)(C)C(C)(C)O4)cn3)c2)n1. The van der Waals surface area contributed by atoms with Gasteiger partial charge in [-0.3, -0.25) is 4.68 Å². The fraction of sp³-hybridized carbons (Fsp3) is 0.421. The standard InChI is InChI=1S/C19H23BN4O3/c1-13-22-17(25-23-13)15-8-6-7-14(9-15)11-24-12-16(10-21-24)20-26-18(2,3)19(4,5)27-20/h6-10,12H,11H2,1-5H3. The first-order valence-corrected chi connectivity index (χ1v) is 9.01. The summed E-state index contributed by atoms with van der Waals surface area (Å²) in [4.78, 5) is 4.28. The summed E-state index contributed by atoms with van der Waals surface area (Å²) in [5, 5.41) is 8.31. The zero-order chi connectivity index (χ0) is 19.2. The van der Waals surface area contributed by atoms with Gasteiger partial charge < -0.3 is 13.8 Å². The topological polar surface area (TPSA) is 75.2 Å². The van der Waals surface area contributed by atoms with Crippen LogP contribution in [0, 0.1) is 6.92 Å². The minimum atomic E-state index is -0.406. The minimum absolute atomic E-state index is 0.365. The normalized spacial score (nSPS) is 18.2. The third-order valence-corrected chi connectivity index (χ3v) is 5.22. The lowest BCUT2D eigenvalue weighted by Gasteiger charge is -2.32. The fourth-order valence-electron chi connectivity index (χ4n) is 2.97. The van der Waals surface area contributed by atoms with Crippen molar-refractivity contribution >= 4 is 12.6 Å². The lowest BCUT2D eigenvalue weighted by Crippen LogP contribution is -2.41.